The Morgan fingerprint density at radius 3 is 2.79 bits per heavy atom. The molecule has 0 bridgehead atoms. The number of H-pyrrole nitrogens is 1. The summed E-state index contributed by atoms with van der Waals surface area (Å²) in [5.74, 6) is 0.203. The third kappa shape index (κ3) is 2.36. The minimum atomic E-state index is -0.485. The fourth-order valence-electron chi connectivity index (χ4n) is 5.16. The molecule has 4 heteroatoms. The molecule has 0 fully saturated rings. The number of amides is 1. The van der Waals surface area contributed by atoms with E-state index in [1.54, 1.807) is 0 Å². The van der Waals surface area contributed by atoms with Gasteiger partial charge in [-0.05, 0) is 88.6 Å². The zero-order valence-corrected chi connectivity index (χ0v) is 17.4. The fourth-order valence-corrected chi connectivity index (χ4v) is 5.16. The molecule has 0 atom stereocenters. The van der Waals surface area contributed by atoms with Crippen LogP contribution in [0.2, 0.25) is 0 Å². The molecule has 1 aromatic heterocycles. The second-order valence-corrected chi connectivity index (χ2v) is 9.24. The molecule has 3 aliphatic rings. The molecule has 0 saturated heterocycles. The number of nitrogens with one attached hydrogen (secondary N) is 1. The van der Waals surface area contributed by atoms with E-state index in [1.165, 1.54) is 27.9 Å². The van der Waals surface area contributed by atoms with Crippen LogP contribution in [-0.4, -0.2) is 29.2 Å². The van der Waals surface area contributed by atoms with Gasteiger partial charge in [0.25, 0.3) is 0 Å². The number of nitrogens with zero attached hydrogens (tertiary/aromatic N) is 2. The van der Waals surface area contributed by atoms with Gasteiger partial charge in [-0.2, -0.15) is 0 Å². The summed E-state index contributed by atoms with van der Waals surface area (Å²) in [7, 11) is 0. The van der Waals surface area contributed by atoms with Crippen LogP contribution in [0.4, 0.5) is 5.69 Å². The average Bonchev–Trinajstić information content (AvgIpc) is 2.88. The minimum Gasteiger partial charge on any atom is -0.353 e. The van der Waals surface area contributed by atoms with Crippen molar-refractivity contribution in [3.63, 3.8) is 0 Å². The van der Waals surface area contributed by atoms with E-state index in [-0.39, 0.29) is 11.9 Å². The lowest BCUT2D eigenvalue weighted by atomic mass is 9.85. The number of anilines is 1. The van der Waals surface area contributed by atoms with E-state index >= 15 is 0 Å². The summed E-state index contributed by atoms with van der Waals surface area (Å²) in [5, 5.41) is 1.26. The van der Waals surface area contributed by atoms with E-state index in [0.717, 1.165) is 55.4 Å². The van der Waals surface area contributed by atoms with Gasteiger partial charge in [0, 0.05) is 29.2 Å². The predicted molar refractivity (Wildman–Crippen MR) is 116 cm³/mol. The van der Waals surface area contributed by atoms with Crippen LogP contribution in [0.15, 0.2) is 28.8 Å². The van der Waals surface area contributed by atoms with Crippen LogP contribution in [0.5, 0.6) is 0 Å². The Hall–Kier alpha value is -2.36. The third-order valence-electron chi connectivity index (χ3n) is 6.66. The number of hydrogen-bond donors (Lipinski definition) is 1. The lowest BCUT2D eigenvalue weighted by Gasteiger charge is -2.24. The first-order valence-corrected chi connectivity index (χ1v) is 10.7. The Morgan fingerprint density at radius 1 is 1.18 bits per heavy atom. The highest BCUT2D eigenvalue weighted by Gasteiger charge is 2.45. The number of benzene rings is 1. The number of carbonyl (C=O) groups excluding carboxylic acids is 1. The molecule has 0 spiro atoms. The second-order valence-electron chi connectivity index (χ2n) is 9.24. The summed E-state index contributed by atoms with van der Waals surface area (Å²) in [6, 6.07) is 4.64. The highest BCUT2D eigenvalue weighted by molar-refractivity contribution is 6.16. The van der Waals surface area contributed by atoms with E-state index in [0.29, 0.717) is 0 Å². The summed E-state index contributed by atoms with van der Waals surface area (Å²) in [6.07, 6.45) is 7.98. The number of carbonyl (C=O) groups is 1. The number of allylic oxidation sites excluding steroid dienone is 2. The van der Waals surface area contributed by atoms with Crippen molar-refractivity contribution in [3.8, 4) is 0 Å². The van der Waals surface area contributed by atoms with Crippen molar-refractivity contribution in [2.75, 3.05) is 11.4 Å². The molecular weight excluding hydrogens is 346 g/mol. The molecule has 4 nitrogen and oxygen atoms in total. The van der Waals surface area contributed by atoms with Gasteiger partial charge in [-0.1, -0.05) is 6.08 Å². The Balaban J connectivity index is 1.76. The fraction of sp³-hybridized carbons (Fsp3) is 0.500. The smallest absolute Gasteiger partial charge is 0.237 e. The van der Waals surface area contributed by atoms with Crippen molar-refractivity contribution in [1.29, 1.82) is 0 Å². The number of aromatic nitrogens is 1. The van der Waals surface area contributed by atoms with Gasteiger partial charge in [-0.25, -0.2) is 0 Å². The van der Waals surface area contributed by atoms with Gasteiger partial charge in [0.1, 0.15) is 0 Å². The Labute approximate surface area is 166 Å². The predicted octanol–water partition coefficient (Wildman–Crippen LogP) is 5.05. The molecule has 2 aromatic rings. The molecule has 2 aliphatic heterocycles. The molecular formula is C24H29N3O. The molecule has 1 aromatic carbocycles. The van der Waals surface area contributed by atoms with E-state index in [9.17, 15) is 4.79 Å². The van der Waals surface area contributed by atoms with Crippen LogP contribution in [0.25, 0.3) is 10.9 Å². The summed E-state index contributed by atoms with van der Waals surface area (Å²) < 4.78 is 0. The van der Waals surface area contributed by atoms with Crippen LogP contribution in [0, 0.1) is 0 Å². The Bertz CT molecular complexity index is 1050. The van der Waals surface area contributed by atoms with E-state index < -0.39 is 5.41 Å². The standard InChI is InChI=1S/C24H29N3O/c1-14(2)27-20-12-17-16-10-7-9-15-8-5-6-11-25-21(15)22(16)26-19(17)13-18(20)24(3,4)23(27)28/h8,12-14,26H,5-7,9-11H2,1-4H3. The van der Waals surface area contributed by atoms with E-state index in [2.05, 4.69) is 37.0 Å². The zero-order valence-electron chi connectivity index (χ0n) is 17.4. The van der Waals surface area contributed by atoms with Crippen LogP contribution in [0.1, 0.15) is 70.2 Å². The van der Waals surface area contributed by atoms with Crippen molar-refractivity contribution in [2.24, 2.45) is 4.99 Å². The third-order valence-corrected chi connectivity index (χ3v) is 6.66. The second kappa shape index (κ2) is 6.07. The quantitative estimate of drug-likeness (QED) is 0.745. The first kappa shape index (κ1) is 17.7. The maximum absolute atomic E-state index is 13.1. The maximum atomic E-state index is 13.1. The zero-order chi connectivity index (χ0) is 19.6. The van der Waals surface area contributed by atoms with Crippen molar-refractivity contribution >= 4 is 28.2 Å². The number of fused-ring (bicyclic) bond motifs is 6. The summed E-state index contributed by atoms with van der Waals surface area (Å²) >= 11 is 0. The molecule has 28 heavy (non-hydrogen) atoms. The molecule has 1 aliphatic carbocycles. The first-order valence-electron chi connectivity index (χ1n) is 10.7. The minimum absolute atomic E-state index is 0.156. The van der Waals surface area contributed by atoms with Gasteiger partial charge in [0.15, 0.2) is 0 Å². The summed E-state index contributed by atoms with van der Waals surface area (Å²) in [6.45, 7) is 9.20. The van der Waals surface area contributed by atoms with Crippen LogP contribution in [-0.2, 0) is 16.6 Å². The molecule has 1 amide bonds. The molecule has 1 N–H and O–H groups in total. The van der Waals surface area contributed by atoms with Gasteiger partial charge in [-0.3, -0.25) is 9.79 Å². The largest absolute Gasteiger partial charge is 0.353 e. The average molecular weight is 376 g/mol. The Kier molecular flexibility index (Phi) is 3.84. The lowest BCUT2D eigenvalue weighted by molar-refractivity contribution is -0.122. The number of rotatable bonds is 1. The SMILES string of the molecule is CC(C)N1C(=O)C(C)(C)c2cc3[nH]c4c(c3cc21)CCCC1=CCCCN=C14. The van der Waals surface area contributed by atoms with Gasteiger partial charge in [0.2, 0.25) is 5.91 Å². The van der Waals surface area contributed by atoms with Gasteiger partial charge in [-0.15, -0.1) is 0 Å². The van der Waals surface area contributed by atoms with Crippen LogP contribution in [0.3, 0.4) is 0 Å². The molecule has 0 saturated carbocycles. The topological polar surface area (TPSA) is 48.5 Å². The highest BCUT2D eigenvalue weighted by atomic mass is 16.2. The van der Waals surface area contributed by atoms with Gasteiger partial charge >= 0.3 is 0 Å². The maximum Gasteiger partial charge on any atom is 0.237 e. The highest BCUT2D eigenvalue weighted by Crippen LogP contribution is 2.46. The van der Waals surface area contributed by atoms with E-state index in [1.807, 2.05) is 18.7 Å². The normalized spacial score (nSPS) is 21.0. The molecule has 0 unspecified atom stereocenters. The van der Waals surface area contributed by atoms with Crippen molar-refractivity contribution in [3.05, 3.63) is 40.6 Å². The summed E-state index contributed by atoms with van der Waals surface area (Å²) in [4.78, 5) is 23.7. The van der Waals surface area contributed by atoms with Crippen molar-refractivity contribution in [1.82, 2.24) is 4.98 Å². The molecule has 0 radical (unpaired) electrons. The number of hydrogen-bond acceptors (Lipinski definition) is 2. The first-order chi connectivity index (χ1) is 13.4. The monoisotopic (exact) mass is 375 g/mol. The lowest BCUT2D eigenvalue weighted by Crippen LogP contribution is -2.40. The van der Waals surface area contributed by atoms with Crippen molar-refractivity contribution < 1.29 is 4.79 Å². The number of aliphatic imine (C=N–C) groups is 1. The van der Waals surface area contributed by atoms with Gasteiger partial charge in [0.05, 0.1) is 16.8 Å². The van der Waals surface area contributed by atoms with Crippen molar-refractivity contribution in [2.45, 2.75) is 71.3 Å². The number of aryl methyl sites for hydroxylation is 1. The Morgan fingerprint density at radius 2 is 2.00 bits per heavy atom. The molecule has 146 valence electrons. The van der Waals surface area contributed by atoms with Crippen LogP contribution < -0.4 is 4.90 Å². The van der Waals surface area contributed by atoms with E-state index in [4.69, 9.17) is 4.99 Å². The van der Waals surface area contributed by atoms with Gasteiger partial charge < -0.3 is 9.88 Å². The molecule has 5 rings (SSSR count). The number of aromatic amines is 1. The molecule has 3 heterocycles. The van der Waals surface area contributed by atoms with Crippen LogP contribution >= 0.6 is 0 Å². The summed E-state index contributed by atoms with van der Waals surface area (Å²) in [5.41, 5.74) is 8.06.